The van der Waals surface area contributed by atoms with Gasteiger partial charge in [-0.15, -0.1) is 0 Å². The minimum absolute atomic E-state index is 0.143. The van der Waals surface area contributed by atoms with Gasteiger partial charge in [0.15, 0.2) is 0 Å². The first kappa shape index (κ1) is 21.1. The Morgan fingerprint density at radius 2 is 1.68 bits per heavy atom. The highest BCUT2D eigenvalue weighted by molar-refractivity contribution is 7.89. The Kier molecular flexibility index (Phi) is 7.31. The number of carbonyl (C=O) groups excluding carboxylic acids is 1. The summed E-state index contributed by atoms with van der Waals surface area (Å²) in [6.45, 7) is 5.56. The highest BCUT2D eigenvalue weighted by Gasteiger charge is 2.27. The largest absolute Gasteiger partial charge is 0.492 e. The third-order valence-electron chi connectivity index (χ3n) is 5.29. The van der Waals surface area contributed by atoms with Crippen molar-refractivity contribution >= 4 is 21.6 Å². The molecule has 7 nitrogen and oxygen atoms in total. The molecule has 0 radical (unpaired) electrons. The molecule has 0 spiro atoms. The van der Waals surface area contributed by atoms with Gasteiger partial charge in [0.2, 0.25) is 15.9 Å². The maximum atomic E-state index is 13.0. The van der Waals surface area contributed by atoms with Crippen LogP contribution in [-0.2, 0) is 14.8 Å². The second-order valence-corrected chi connectivity index (χ2v) is 9.38. The highest BCUT2D eigenvalue weighted by Crippen LogP contribution is 2.30. The van der Waals surface area contributed by atoms with Crippen molar-refractivity contribution in [1.82, 2.24) is 9.21 Å². The van der Waals surface area contributed by atoms with E-state index in [4.69, 9.17) is 4.74 Å². The summed E-state index contributed by atoms with van der Waals surface area (Å²) in [5, 5.41) is 2.87. The lowest BCUT2D eigenvalue weighted by molar-refractivity contribution is -0.117. The van der Waals surface area contributed by atoms with Gasteiger partial charge in [0.05, 0.1) is 23.7 Å². The maximum Gasteiger partial charge on any atom is 0.243 e. The zero-order valence-electron chi connectivity index (χ0n) is 16.7. The molecular formula is C20H31N3O4S. The number of nitrogens with one attached hydrogen (secondary N) is 1. The summed E-state index contributed by atoms with van der Waals surface area (Å²) >= 11 is 0. The second-order valence-electron chi connectivity index (χ2n) is 7.44. The number of amides is 1. The molecule has 1 aromatic carbocycles. The van der Waals surface area contributed by atoms with Crippen LogP contribution in [-0.4, -0.2) is 62.9 Å². The molecule has 0 atom stereocenters. The summed E-state index contributed by atoms with van der Waals surface area (Å²) in [6, 6.07) is 4.73. The molecule has 0 unspecified atom stereocenters. The predicted molar refractivity (Wildman–Crippen MR) is 109 cm³/mol. The van der Waals surface area contributed by atoms with Crippen LogP contribution < -0.4 is 10.1 Å². The Bertz CT molecular complexity index is 770. The third kappa shape index (κ3) is 5.24. The first-order valence-electron chi connectivity index (χ1n) is 10.3. The Morgan fingerprint density at radius 3 is 2.32 bits per heavy atom. The fraction of sp³-hybridized carbons (Fsp3) is 0.650. The van der Waals surface area contributed by atoms with E-state index in [1.807, 2.05) is 6.92 Å². The van der Waals surface area contributed by atoms with E-state index in [1.165, 1.54) is 16.8 Å². The van der Waals surface area contributed by atoms with Gasteiger partial charge in [-0.05, 0) is 63.9 Å². The minimum atomic E-state index is -3.56. The van der Waals surface area contributed by atoms with Gasteiger partial charge in [0.25, 0.3) is 0 Å². The van der Waals surface area contributed by atoms with Gasteiger partial charge in [-0.2, -0.15) is 4.31 Å². The Hall–Kier alpha value is -1.64. The molecule has 8 heteroatoms. The monoisotopic (exact) mass is 409 g/mol. The fourth-order valence-electron chi connectivity index (χ4n) is 3.81. The number of hydrogen-bond acceptors (Lipinski definition) is 5. The number of nitrogens with zero attached hydrogens (tertiary/aromatic N) is 2. The van der Waals surface area contributed by atoms with Crippen molar-refractivity contribution < 1.29 is 17.9 Å². The molecule has 0 aliphatic carbocycles. The Balaban J connectivity index is 1.77. The van der Waals surface area contributed by atoms with E-state index in [2.05, 4.69) is 10.2 Å². The molecule has 0 saturated carbocycles. The van der Waals surface area contributed by atoms with Gasteiger partial charge in [-0.1, -0.05) is 12.8 Å². The number of carbonyl (C=O) groups is 1. The van der Waals surface area contributed by atoms with Crippen LogP contribution in [0, 0.1) is 0 Å². The molecule has 28 heavy (non-hydrogen) atoms. The average molecular weight is 410 g/mol. The van der Waals surface area contributed by atoms with Crippen LogP contribution in [0.5, 0.6) is 5.75 Å². The number of hydrogen-bond donors (Lipinski definition) is 1. The van der Waals surface area contributed by atoms with Crippen molar-refractivity contribution in [1.29, 1.82) is 0 Å². The van der Waals surface area contributed by atoms with Crippen LogP contribution in [0.4, 0.5) is 5.69 Å². The van der Waals surface area contributed by atoms with Gasteiger partial charge in [-0.25, -0.2) is 8.42 Å². The highest BCUT2D eigenvalue weighted by atomic mass is 32.2. The summed E-state index contributed by atoms with van der Waals surface area (Å²) in [5.41, 5.74) is 0.418. The van der Waals surface area contributed by atoms with E-state index < -0.39 is 10.0 Å². The van der Waals surface area contributed by atoms with Gasteiger partial charge in [-0.3, -0.25) is 9.69 Å². The second kappa shape index (κ2) is 9.71. The van der Waals surface area contributed by atoms with Crippen LogP contribution in [0.1, 0.15) is 45.4 Å². The molecule has 2 aliphatic rings. The standard InChI is InChI=1S/C20H31N3O4S/c1-2-27-19-10-9-17(28(25,26)23-13-7-4-8-14-23)15-18(19)21-20(24)16-22-11-5-3-6-12-22/h9-10,15H,2-8,11-14,16H2,1H3,(H,21,24). The van der Waals surface area contributed by atoms with E-state index >= 15 is 0 Å². The lowest BCUT2D eigenvalue weighted by Gasteiger charge is -2.27. The van der Waals surface area contributed by atoms with E-state index in [0.29, 0.717) is 37.7 Å². The van der Waals surface area contributed by atoms with Crippen molar-refractivity contribution in [2.45, 2.75) is 50.3 Å². The molecule has 1 amide bonds. The number of ether oxygens (including phenoxy) is 1. The van der Waals surface area contributed by atoms with E-state index in [0.717, 1.165) is 45.2 Å². The van der Waals surface area contributed by atoms with E-state index in [9.17, 15) is 13.2 Å². The molecule has 1 aromatic rings. The van der Waals surface area contributed by atoms with Crippen LogP contribution in [0.3, 0.4) is 0 Å². The van der Waals surface area contributed by atoms with Crippen LogP contribution >= 0.6 is 0 Å². The SMILES string of the molecule is CCOc1ccc(S(=O)(=O)N2CCCCC2)cc1NC(=O)CN1CCCCC1. The number of benzene rings is 1. The Labute approximate surface area is 168 Å². The molecule has 0 bridgehead atoms. The molecule has 0 aromatic heterocycles. The van der Waals surface area contributed by atoms with Crippen molar-refractivity contribution in [3.05, 3.63) is 18.2 Å². The average Bonchev–Trinajstić information content (AvgIpc) is 2.70. The quantitative estimate of drug-likeness (QED) is 0.749. The van der Waals surface area contributed by atoms with Crippen molar-refractivity contribution in [2.24, 2.45) is 0 Å². The summed E-state index contributed by atoms with van der Waals surface area (Å²) in [6.07, 6.45) is 6.27. The van der Waals surface area contributed by atoms with E-state index in [1.54, 1.807) is 12.1 Å². The lowest BCUT2D eigenvalue weighted by Crippen LogP contribution is -2.37. The lowest BCUT2D eigenvalue weighted by atomic mass is 10.1. The summed E-state index contributed by atoms with van der Waals surface area (Å²) < 4.78 is 33.1. The molecule has 2 saturated heterocycles. The fourth-order valence-corrected chi connectivity index (χ4v) is 5.36. The number of piperidine rings is 2. The molecule has 3 rings (SSSR count). The van der Waals surface area contributed by atoms with Crippen molar-refractivity contribution in [3.8, 4) is 5.75 Å². The van der Waals surface area contributed by atoms with Crippen molar-refractivity contribution in [3.63, 3.8) is 0 Å². The molecule has 2 aliphatic heterocycles. The minimum Gasteiger partial charge on any atom is -0.492 e. The predicted octanol–water partition coefficient (Wildman–Crippen LogP) is 2.68. The first-order chi connectivity index (χ1) is 13.5. The summed E-state index contributed by atoms with van der Waals surface area (Å²) in [4.78, 5) is 14.9. The zero-order valence-corrected chi connectivity index (χ0v) is 17.5. The van der Waals surface area contributed by atoms with Gasteiger partial charge in [0, 0.05) is 13.1 Å². The molecule has 2 fully saturated rings. The smallest absolute Gasteiger partial charge is 0.243 e. The van der Waals surface area contributed by atoms with E-state index in [-0.39, 0.29) is 10.8 Å². The zero-order chi connectivity index (χ0) is 20.0. The number of rotatable bonds is 7. The van der Waals surface area contributed by atoms with Crippen LogP contribution in [0.25, 0.3) is 0 Å². The summed E-state index contributed by atoms with van der Waals surface area (Å²) in [5.74, 6) is 0.350. The molecular weight excluding hydrogens is 378 g/mol. The maximum absolute atomic E-state index is 13.0. The van der Waals surface area contributed by atoms with Crippen LogP contribution in [0.2, 0.25) is 0 Å². The van der Waals surface area contributed by atoms with Gasteiger partial charge < -0.3 is 10.1 Å². The third-order valence-corrected chi connectivity index (χ3v) is 7.19. The molecule has 1 N–H and O–H groups in total. The van der Waals surface area contributed by atoms with Crippen molar-refractivity contribution in [2.75, 3.05) is 44.6 Å². The summed E-state index contributed by atoms with van der Waals surface area (Å²) in [7, 11) is -3.56. The number of anilines is 1. The Morgan fingerprint density at radius 1 is 1.04 bits per heavy atom. The topological polar surface area (TPSA) is 79.0 Å². The molecule has 156 valence electrons. The van der Waals surface area contributed by atoms with Crippen LogP contribution in [0.15, 0.2) is 23.1 Å². The van der Waals surface area contributed by atoms with Gasteiger partial charge >= 0.3 is 0 Å². The molecule has 2 heterocycles. The van der Waals surface area contributed by atoms with Gasteiger partial charge in [0.1, 0.15) is 5.75 Å². The number of sulfonamides is 1. The number of likely N-dealkylation sites (tertiary alicyclic amines) is 1. The normalized spacial score (nSPS) is 19.3. The first-order valence-corrected chi connectivity index (χ1v) is 11.7.